The first-order valence-corrected chi connectivity index (χ1v) is 19.9. The number of fused-ring (bicyclic) bond motifs is 6. The molecule has 274 valence electrons. The van der Waals surface area contributed by atoms with E-state index in [1.165, 1.54) is 82.7 Å². The molecule has 58 heavy (non-hydrogen) atoms. The van der Waals surface area contributed by atoms with Gasteiger partial charge in [-0.15, -0.1) is 0 Å². The third-order valence-electron chi connectivity index (χ3n) is 11.8. The lowest BCUT2D eigenvalue weighted by Crippen LogP contribution is -2.11. The molecule has 0 aliphatic heterocycles. The van der Waals surface area contributed by atoms with Gasteiger partial charge in [0.15, 0.2) is 0 Å². The van der Waals surface area contributed by atoms with Crippen LogP contribution in [0.2, 0.25) is 0 Å². The van der Waals surface area contributed by atoms with Gasteiger partial charge in [0, 0.05) is 56.8 Å². The monoisotopic (exact) mass is 741 g/mol. The highest BCUT2D eigenvalue weighted by Gasteiger charge is 2.20. The molecule has 2 heterocycles. The van der Waals surface area contributed by atoms with Gasteiger partial charge >= 0.3 is 0 Å². The maximum absolute atomic E-state index is 2.45. The molecule has 0 aliphatic rings. The van der Waals surface area contributed by atoms with E-state index in [2.05, 4.69) is 239 Å². The Morgan fingerprint density at radius 1 is 0.328 bits per heavy atom. The molecule has 0 bridgehead atoms. The number of para-hydroxylation sites is 5. The maximum Gasteiger partial charge on any atom is 0.0541 e. The zero-order valence-corrected chi connectivity index (χ0v) is 32.1. The first-order chi connectivity index (χ1) is 28.7. The van der Waals surface area contributed by atoms with Crippen molar-refractivity contribution >= 4 is 55.0 Å². The van der Waals surface area contributed by atoms with E-state index >= 15 is 0 Å². The van der Waals surface area contributed by atoms with Crippen molar-refractivity contribution in [2.45, 2.75) is 0 Å². The molecular weight excluding hydrogens is 703 g/mol. The number of hydrogen-bond donors (Lipinski definition) is 0. The molecule has 11 aromatic rings. The number of rotatable bonds is 7. The van der Waals surface area contributed by atoms with Crippen molar-refractivity contribution in [1.29, 1.82) is 0 Å². The van der Waals surface area contributed by atoms with Gasteiger partial charge in [0.05, 0.1) is 27.8 Å². The van der Waals surface area contributed by atoms with Crippen LogP contribution in [0.3, 0.4) is 0 Å². The summed E-state index contributed by atoms with van der Waals surface area (Å²) in [5.41, 5.74) is 16.6. The first kappa shape index (κ1) is 33.7. The molecule has 0 fully saturated rings. The molecule has 0 unspecified atom stereocenters. The van der Waals surface area contributed by atoms with Crippen LogP contribution in [0, 0.1) is 0 Å². The summed E-state index contributed by atoms with van der Waals surface area (Å²) in [4.78, 5) is 2.30. The smallest absolute Gasteiger partial charge is 0.0541 e. The third-order valence-corrected chi connectivity index (χ3v) is 11.8. The van der Waals surface area contributed by atoms with E-state index in [0.29, 0.717) is 0 Å². The summed E-state index contributed by atoms with van der Waals surface area (Å²) in [7, 11) is 2.16. The zero-order valence-electron chi connectivity index (χ0n) is 32.1. The summed E-state index contributed by atoms with van der Waals surface area (Å²) in [6.07, 6.45) is 0. The van der Waals surface area contributed by atoms with Gasteiger partial charge in [-0.1, -0.05) is 146 Å². The molecule has 0 N–H and O–H groups in total. The number of nitrogens with zero attached hydrogens (tertiary/aromatic N) is 3. The van der Waals surface area contributed by atoms with Crippen LogP contribution in [0.25, 0.3) is 88.4 Å². The zero-order chi connectivity index (χ0) is 38.6. The van der Waals surface area contributed by atoms with E-state index < -0.39 is 0 Å². The van der Waals surface area contributed by atoms with Crippen LogP contribution in [0.4, 0.5) is 11.4 Å². The fraction of sp³-hybridized carbons (Fsp3) is 0.0182. The van der Waals surface area contributed by atoms with Crippen molar-refractivity contribution in [3.8, 4) is 44.8 Å². The van der Waals surface area contributed by atoms with Crippen LogP contribution < -0.4 is 4.90 Å². The molecule has 0 saturated heterocycles. The molecule has 0 amide bonds. The Labute approximate surface area is 337 Å². The van der Waals surface area contributed by atoms with Gasteiger partial charge in [-0.3, -0.25) is 0 Å². The quantitative estimate of drug-likeness (QED) is 0.159. The summed E-state index contributed by atoms with van der Waals surface area (Å²) in [5.74, 6) is 0. The van der Waals surface area contributed by atoms with Gasteiger partial charge in [0.2, 0.25) is 0 Å². The van der Waals surface area contributed by atoms with Crippen molar-refractivity contribution in [3.63, 3.8) is 0 Å². The fourth-order valence-corrected chi connectivity index (χ4v) is 8.96. The second-order valence-corrected chi connectivity index (χ2v) is 15.0. The average molecular weight is 742 g/mol. The summed E-state index contributed by atoms with van der Waals surface area (Å²) in [6, 6.07) is 79.1. The van der Waals surface area contributed by atoms with Crippen molar-refractivity contribution in [1.82, 2.24) is 9.13 Å². The van der Waals surface area contributed by atoms with Gasteiger partial charge in [-0.05, 0) is 95.1 Å². The Kier molecular flexibility index (Phi) is 8.04. The largest absolute Gasteiger partial charge is 0.344 e. The number of aromatic nitrogens is 2. The molecule has 9 aromatic carbocycles. The number of hydrogen-bond acceptors (Lipinski definition) is 1. The fourth-order valence-electron chi connectivity index (χ4n) is 8.96. The van der Waals surface area contributed by atoms with E-state index in [0.717, 1.165) is 17.1 Å². The van der Waals surface area contributed by atoms with Crippen LogP contribution >= 0.6 is 0 Å². The molecule has 0 aliphatic carbocycles. The van der Waals surface area contributed by atoms with E-state index in [1.807, 2.05) is 0 Å². The normalized spacial score (nSPS) is 11.5. The molecule has 0 spiro atoms. The Hall–Kier alpha value is -7.62. The minimum Gasteiger partial charge on any atom is -0.344 e. The SMILES string of the molecule is CN(c1ccc(-c2ccccc2)cc1)c1ccccc1-c1ccccc1-n1c2ccccc2c2cc(-c3ccc4c(c3)c3ccccc3n4-c3ccccc3)ccc21. The molecular formula is C55H39N3. The maximum atomic E-state index is 2.45. The standard InChI is InChI=1S/C55H39N3/c1-56(42-32-28-39(29-33-42)38-16-4-2-5-17-38)50-24-12-8-20-44(50)45-21-9-14-26-52(45)58-53-27-15-11-23-47(53)49-37-41(31-35-55(49)58)40-30-34-54-48(36-40)46-22-10-13-25-51(46)57(54)43-18-6-3-7-19-43/h2-37H,1H3. The van der Waals surface area contributed by atoms with Crippen LogP contribution in [-0.4, -0.2) is 16.2 Å². The minimum atomic E-state index is 1.14. The highest BCUT2D eigenvalue weighted by molar-refractivity contribution is 6.13. The second-order valence-electron chi connectivity index (χ2n) is 15.0. The lowest BCUT2D eigenvalue weighted by atomic mass is 9.99. The Morgan fingerprint density at radius 3 is 1.47 bits per heavy atom. The van der Waals surface area contributed by atoms with Crippen LogP contribution in [0.5, 0.6) is 0 Å². The third kappa shape index (κ3) is 5.51. The highest BCUT2D eigenvalue weighted by atomic mass is 15.1. The summed E-state index contributed by atoms with van der Waals surface area (Å²) < 4.78 is 4.83. The average Bonchev–Trinajstić information content (AvgIpc) is 3.81. The minimum absolute atomic E-state index is 1.14. The molecule has 2 aromatic heterocycles. The highest BCUT2D eigenvalue weighted by Crippen LogP contribution is 2.42. The van der Waals surface area contributed by atoms with Crippen LogP contribution in [0.1, 0.15) is 0 Å². The molecule has 0 radical (unpaired) electrons. The van der Waals surface area contributed by atoms with E-state index in [-0.39, 0.29) is 0 Å². The molecule has 0 atom stereocenters. The van der Waals surface area contributed by atoms with Gasteiger partial charge in [-0.25, -0.2) is 0 Å². The van der Waals surface area contributed by atoms with Crippen molar-refractivity contribution < 1.29 is 0 Å². The molecule has 11 rings (SSSR count). The summed E-state index contributed by atoms with van der Waals surface area (Å²) in [5, 5.41) is 4.98. The van der Waals surface area contributed by atoms with Crippen LogP contribution in [0.15, 0.2) is 218 Å². The number of benzene rings is 9. The lowest BCUT2D eigenvalue weighted by molar-refractivity contribution is 1.17. The number of anilines is 2. The summed E-state index contributed by atoms with van der Waals surface area (Å²) >= 11 is 0. The lowest BCUT2D eigenvalue weighted by Gasteiger charge is -2.24. The summed E-state index contributed by atoms with van der Waals surface area (Å²) in [6.45, 7) is 0. The van der Waals surface area contributed by atoms with Crippen molar-refractivity contribution in [2.75, 3.05) is 11.9 Å². The molecule has 0 saturated carbocycles. The molecule has 3 nitrogen and oxygen atoms in total. The predicted molar refractivity (Wildman–Crippen MR) is 246 cm³/mol. The second kappa shape index (κ2) is 13.8. The topological polar surface area (TPSA) is 13.1 Å². The van der Waals surface area contributed by atoms with Gasteiger partial charge in [0.1, 0.15) is 0 Å². The first-order valence-electron chi connectivity index (χ1n) is 19.9. The van der Waals surface area contributed by atoms with Gasteiger partial charge in [-0.2, -0.15) is 0 Å². The van der Waals surface area contributed by atoms with Crippen molar-refractivity contribution in [3.05, 3.63) is 218 Å². The predicted octanol–water partition coefficient (Wildman–Crippen LogP) is 14.6. The van der Waals surface area contributed by atoms with E-state index in [4.69, 9.17) is 0 Å². The Balaban J connectivity index is 1.03. The van der Waals surface area contributed by atoms with E-state index in [1.54, 1.807) is 0 Å². The Bertz CT molecular complexity index is 3280. The Morgan fingerprint density at radius 2 is 0.793 bits per heavy atom. The van der Waals surface area contributed by atoms with Gasteiger partial charge < -0.3 is 14.0 Å². The van der Waals surface area contributed by atoms with E-state index in [9.17, 15) is 0 Å². The molecule has 3 heteroatoms. The van der Waals surface area contributed by atoms with Crippen LogP contribution in [-0.2, 0) is 0 Å². The van der Waals surface area contributed by atoms with Gasteiger partial charge in [0.25, 0.3) is 0 Å². The van der Waals surface area contributed by atoms with Crippen molar-refractivity contribution in [2.24, 2.45) is 0 Å².